The van der Waals surface area contributed by atoms with E-state index in [9.17, 15) is 18.0 Å². The first kappa shape index (κ1) is 17.5. The number of hydrogen-bond acceptors (Lipinski definition) is 3. The minimum atomic E-state index is -4.94. The summed E-state index contributed by atoms with van der Waals surface area (Å²) in [6, 6.07) is 10.7. The van der Waals surface area contributed by atoms with Gasteiger partial charge in [-0.15, -0.1) is 0 Å². The molecule has 0 spiro atoms. The number of fused-ring (bicyclic) bond motifs is 2. The normalized spacial score (nSPS) is 13.9. The predicted octanol–water partition coefficient (Wildman–Crippen LogP) is 4.46. The first-order valence-corrected chi connectivity index (χ1v) is 8.34. The van der Waals surface area contributed by atoms with Crippen LogP contribution in [0.4, 0.5) is 18.9 Å². The highest BCUT2D eigenvalue weighted by Gasteiger charge is 2.44. The lowest BCUT2D eigenvalue weighted by Gasteiger charge is -2.31. The number of nitrogens with zero attached hydrogens (tertiary/aromatic N) is 1. The number of methoxy groups -OCH3 is 2. The lowest BCUT2D eigenvalue weighted by Crippen LogP contribution is -2.43. The fraction of sp³-hybridized carbons (Fsp3) is 0.250. The molecular formula is C20H16F3NO3. The molecule has 0 saturated carbocycles. The van der Waals surface area contributed by atoms with E-state index in [1.165, 1.54) is 14.2 Å². The highest BCUT2D eigenvalue weighted by atomic mass is 19.4. The van der Waals surface area contributed by atoms with Gasteiger partial charge >= 0.3 is 12.1 Å². The van der Waals surface area contributed by atoms with Gasteiger partial charge in [0.2, 0.25) is 0 Å². The van der Waals surface area contributed by atoms with Gasteiger partial charge in [0, 0.05) is 17.3 Å². The van der Waals surface area contributed by atoms with Crippen molar-refractivity contribution in [3.8, 4) is 11.5 Å². The lowest BCUT2D eigenvalue weighted by molar-refractivity contribution is -0.170. The third-order valence-corrected chi connectivity index (χ3v) is 4.91. The molecule has 0 saturated heterocycles. The van der Waals surface area contributed by atoms with Crippen LogP contribution in [0, 0.1) is 0 Å². The molecule has 0 N–H and O–H groups in total. The Hall–Kier alpha value is -2.96. The molecule has 1 amide bonds. The van der Waals surface area contributed by atoms with Gasteiger partial charge < -0.3 is 14.4 Å². The summed E-state index contributed by atoms with van der Waals surface area (Å²) >= 11 is 0. The van der Waals surface area contributed by atoms with E-state index in [-0.39, 0.29) is 12.2 Å². The lowest BCUT2D eigenvalue weighted by atomic mass is 9.91. The number of benzene rings is 3. The first-order chi connectivity index (χ1) is 12.9. The van der Waals surface area contributed by atoms with Crippen LogP contribution < -0.4 is 14.4 Å². The van der Waals surface area contributed by atoms with Crippen molar-refractivity contribution in [3.05, 3.63) is 42.0 Å². The van der Waals surface area contributed by atoms with Gasteiger partial charge in [-0.05, 0) is 34.9 Å². The van der Waals surface area contributed by atoms with Crippen molar-refractivity contribution in [2.24, 2.45) is 0 Å². The zero-order valence-corrected chi connectivity index (χ0v) is 14.7. The maximum atomic E-state index is 13.1. The Balaban J connectivity index is 2.15. The average Bonchev–Trinajstić information content (AvgIpc) is 2.66. The summed E-state index contributed by atoms with van der Waals surface area (Å²) in [5, 5.41) is 2.80. The largest absolute Gasteiger partial charge is 0.493 e. The molecule has 0 fully saturated rings. The van der Waals surface area contributed by atoms with E-state index in [0.717, 1.165) is 21.2 Å². The highest BCUT2D eigenvalue weighted by molar-refractivity contribution is 6.20. The molecule has 0 aliphatic carbocycles. The summed E-state index contributed by atoms with van der Waals surface area (Å²) in [7, 11) is 3.01. The summed E-state index contributed by atoms with van der Waals surface area (Å²) < 4.78 is 50.4. The number of halogens is 3. The van der Waals surface area contributed by atoms with Crippen LogP contribution in [-0.4, -0.2) is 32.8 Å². The fourth-order valence-corrected chi connectivity index (χ4v) is 3.79. The van der Waals surface area contributed by atoms with Crippen LogP contribution in [0.15, 0.2) is 36.4 Å². The molecule has 1 aliphatic rings. The molecule has 3 aromatic rings. The predicted molar refractivity (Wildman–Crippen MR) is 96.7 cm³/mol. The van der Waals surface area contributed by atoms with Crippen LogP contribution in [0.3, 0.4) is 0 Å². The molecule has 0 atom stereocenters. The SMILES string of the molecule is COc1cc2c3c(cc4ccccc4c3c1OC)N(C(=O)C(F)(F)F)CC2. The number of amides is 1. The second-order valence-electron chi connectivity index (χ2n) is 6.34. The van der Waals surface area contributed by atoms with Gasteiger partial charge in [-0.3, -0.25) is 4.79 Å². The number of carbonyl (C=O) groups excluding carboxylic acids is 1. The van der Waals surface area contributed by atoms with Crippen molar-refractivity contribution in [2.75, 3.05) is 25.7 Å². The van der Waals surface area contributed by atoms with Gasteiger partial charge in [-0.1, -0.05) is 24.3 Å². The Bertz CT molecular complexity index is 1080. The molecule has 7 heteroatoms. The van der Waals surface area contributed by atoms with Crippen molar-refractivity contribution in [3.63, 3.8) is 0 Å². The van der Waals surface area contributed by atoms with E-state index in [2.05, 4.69) is 0 Å². The van der Waals surface area contributed by atoms with Crippen LogP contribution in [0.5, 0.6) is 11.5 Å². The van der Waals surface area contributed by atoms with E-state index in [1.54, 1.807) is 24.3 Å². The molecule has 1 aliphatic heterocycles. The Morgan fingerprint density at radius 3 is 2.48 bits per heavy atom. The molecule has 1 heterocycles. The molecular weight excluding hydrogens is 359 g/mol. The topological polar surface area (TPSA) is 38.8 Å². The number of anilines is 1. The molecule has 3 aromatic carbocycles. The maximum absolute atomic E-state index is 13.1. The number of ether oxygens (including phenoxy) is 2. The third kappa shape index (κ3) is 2.57. The highest BCUT2D eigenvalue weighted by Crippen LogP contribution is 2.48. The maximum Gasteiger partial charge on any atom is 0.471 e. The number of alkyl halides is 3. The molecule has 0 bridgehead atoms. The van der Waals surface area contributed by atoms with E-state index in [1.807, 2.05) is 12.1 Å². The smallest absolute Gasteiger partial charge is 0.471 e. The number of hydrogen-bond donors (Lipinski definition) is 0. The summed E-state index contributed by atoms with van der Waals surface area (Å²) in [6.07, 6.45) is -4.64. The molecule has 27 heavy (non-hydrogen) atoms. The van der Waals surface area contributed by atoms with Crippen molar-refractivity contribution in [1.82, 2.24) is 0 Å². The fourth-order valence-electron chi connectivity index (χ4n) is 3.79. The monoisotopic (exact) mass is 375 g/mol. The zero-order valence-electron chi connectivity index (χ0n) is 14.7. The first-order valence-electron chi connectivity index (χ1n) is 8.34. The summed E-state index contributed by atoms with van der Waals surface area (Å²) in [5.74, 6) is -0.909. The van der Waals surface area contributed by atoms with Crippen molar-refractivity contribution in [2.45, 2.75) is 12.6 Å². The van der Waals surface area contributed by atoms with Gasteiger partial charge in [0.15, 0.2) is 11.5 Å². The quantitative estimate of drug-likeness (QED) is 0.621. The van der Waals surface area contributed by atoms with E-state index in [4.69, 9.17) is 9.47 Å². The van der Waals surface area contributed by atoms with E-state index >= 15 is 0 Å². The molecule has 0 aromatic heterocycles. The Morgan fingerprint density at radius 1 is 1.07 bits per heavy atom. The van der Waals surface area contributed by atoms with Crippen LogP contribution >= 0.6 is 0 Å². The number of rotatable bonds is 2. The van der Waals surface area contributed by atoms with Gasteiger partial charge in [0.05, 0.1) is 19.9 Å². The average molecular weight is 375 g/mol. The van der Waals surface area contributed by atoms with Gasteiger partial charge in [-0.2, -0.15) is 13.2 Å². The van der Waals surface area contributed by atoms with E-state index < -0.39 is 12.1 Å². The van der Waals surface area contributed by atoms with Gasteiger partial charge in [0.1, 0.15) is 0 Å². The Labute approximate surface area is 153 Å². The Morgan fingerprint density at radius 2 is 1.81 bits per heavy atom. The summed E-state index contributed by atoms with van der Waals surface area (Å²) in [4.78, 5) is 12.8. The van der Waals surface area contributed by atoms with Crippen molar-refractivity contribution < 1.29 is 27.4 Å². The molecule has 140 valence electrons. The standard InChI is InChI=1S/C20H16F3NO3/c1-26-15-10-12-7-8-24(19(25)20(21,22)23)14-9-11-5-3-4-6-13(11)17(16(12)14)18(15)27-2/h3-6,9-10H,7-8H2,1-2H3. The molecule has 0 radical (unpaired) electrons. The van der Waals surface area contributed by atoms with Crippen LogP contribution in [0.25, 0.3) is 21.5 Å². The Kier molecular flexibility index (Phi) is 3.91. The van der Waals surface area contributed by atoms with Crippen LogP contribution in [0.2, 0.25) is 0 Å². The number of carbonyl (C=O) groups is 1. The minimum Gasteiger partial charge on any atom is -0.493 e. The molecule has 4 rings (SSSR count). The summed E-state index contributed by atoms with van der Waals surface area (Å²) in [5.41, 5.74) is 1.07. The van der Waals surface area contributed by atoms with Crippen molar-refractivity contribution >= 4 is 33.1 Å². The van der Waals surface area contributed by atoms with Gasteiger partial charge in [-0.25, -0.2) is 0 Å². The minimum absolute atomic E-state index is 0.0474. The van der Waals surface area contributed by atoms with Crippen LogP contribution in [-0.2, 0) is 11.2 Å². The zero-order chi connectivity index (χ0) is 19.3. The van der Waals surface area contributed by atoms with E-state index in [0.29, 0.717) is 28.7 Å². The molecule has 0 unspecified atom stereocenters. The summed E-state index contributed by atoms with van der Waals surface area (Å²) in [6.45, 7) is -0.0474. The third-order valence-electron chi connectivity index (χ3n) is 4.91. The van der Waals surface area contributed by atoms with Crippen molar-refractivity contribution in [1.29, 1.82) is 0 Å². The second kappa shape index (κ2) is 6.04. The van der Waals surface area contributed by atoms with Gasteiger partial charge in [0.25, 0.3) is 0 Å². The molecule has 4 nitrogen and oxygen atoms in total. The second-order valence-corrected chi connectivity index (χ2v) is 6.34. The van der Waals surface area contributed by atoms with Crippen LogP contribution in [0.1, 0.15) is 5.56 Å².